The van der Waals surface area contributed by atoms with Crippen molar-refractivity contribution in [3.8, 4) is 5.75 Å². The van der Waals surface area contributed by atoms with Crippen molar-refractivity contribution < 1.29 is 4.74 Å². The zero-order valence-electron chi connectivity index (χ0n) is 12.3. The topological polar surface area (TPSA) is 35.2 Å². The summed E-state index contributed by atoms with van der Waals surface area (Å²) in [7, 11) is 0. The molecule has 0 aromatic heterocycles. The number of aryl methyl sites for hydroxylation is 1. The van der Waals surface area contributed by atoms with E-state index in [9.17, 15) is 0 Å². The van der Waals surface area contributed by atoms with Crippen molar-refractivity contribution in [2.75, 3.05) is 5.73 Å². The highest BCUT2D eigenvalue weighted by Gasteiger charge is 2.12. The number of unbranched alkanes of at least 4 members (excludes halogenated alkanes) is 1. The lowest BCUT2D eigenvalue weighted by Gasteiger charge is -2.20. The number of hydrogen-bond acceptors (Lipinski definition) is 2. The Morgan fingerprint density at radius 3 is 2.25 bits per heavy atom. The fourth-order valence-electron chi connectivity index (χ4n) is 2.17. The second-order valence-electron chi connectivity index (χ2n) is 5.23. The van der Waals surface area contributed by atoms with Crippen molar-refractivity contribution in [3.05, 3.63) is 59.7 Å². The van der Waals surface area contributed by atoms with E-state index < -0.39 is 0 Å². The lowest BCUT2D eigenvalue weighted by molar-refractivity contribution is 0.191. The number of nitrogens with two attached hydrogens (primary N) is 1. The zero-order valence-corrected chi connectivity index (χ0v) is 12.3. The molecule has 0 bridgehead atoms. The van der Waals surface area contributed by atoms with Crippen molar-refractivity contribution in [1.82, 2.24) is 0 Å². The van der Waals surface area contributed by atoms with E-state index in [1.165, 1.54) is 17.5 Å². The van der Waals surface area contributed by atoms with Crippen LogP contribution in [0.4, 0.5) is 5.69 Å². The molecular weight excluding hydrogens is 246 g/mol. The van der Waals surface area contributed by atoms with Crippen LogP contribution in [-0.2, 0) is 0 Å². The van der Waals surface area contributed by atoms with Gasteiger partial charge in [0, 0.05) is 5.69 Å². The number of hydrogen-bond donors (Lipinski definition) is 1. The van der Waals surface area contributed by atoms with Crippen LogP contribution in [0.5, 0.6) is 5.75 Å². The summed E-state index contributed by atoms with van der Waals surface area (Å²) in [6, 6.07) is 16.2. The second kappa shape index (κ2) is 6.99. The molecule has 2 rings (SSSR count). The average Bonchev–Trinajstić information content (AvgIpc) is 2.46. The van der Waals surface area contributed by atoms with Crippen molar-refractivity contribution in [2.45, 2.75) is 39.2 Å². The molecule has 2 heteroatoms. The number of nitrogen functional groups attached to an aromatic ring is 1. The van der Waals surface area contributed by atoms with E-state index in [2.05, 4.69) is 38.1 Å². The first-order chi connectivity index (χ1) is 9.69. The summed E-state index contributed by atoms with van der Waals surface area (Å²) in [6.07, 6.45) is 3.44. The van der Waals surface area contributed by atoms with Gasteiger partial charge in [-0.1, -0.05) is 43.2 Å². The quantitative estimate of drug-likeness (QED) is 0.758. The zero-order chi connectivity index (χ0) is 14.4. The van der Waals surface area contributed by atoms with Crippen molar-refractivity contribution in [2.24, 2.45) is 0 Å². The Morgan fingerprint density at radius 2 is 1.65 bits per heavy atom. The maximum Gasteiger partial charge on any atom is 0.124 e. The molecule has 2 aromatic rings. The molecule has 0 spiro atoms. The Kier molecular flexibility index (Phi) is 5.05. The summed E-state index contributed by atoms with van der Waals surface area (Å²) in [5.74, 6) is 0.925. The normalized spacial score (nSPS) is 12.1. The smallest absolute Gasteiger partial charge is 0.124 e. The highest BCUT2D eigenvalue weighted by atomic mass is 16.5. The van der Waals surface area contributed by atoms with E-state index in [1.54, 1.807) is 0 Å². The van der Waals surface area contributed by atoms with Gasteiger partial charge < -0.3 is 10.5 Å². The third kappa shape index (κ3) is 4.02. The Bertz CT molecular complexity index is 516. The minimum Gasteiger partial charge on any atom is -0.486 e. The summed E-state index contributed by atoms with van der Waals surface area (Å²) in [5, 5.41) is 0. The van der Waals surface area contributed by atoms with Gasteiger partial charge in [0.15, 0.2) is 0 Å². The van der Waals surface area contributed by atoms with Gasteiger partial charge in [0.05, 0.1) is 0 Å². The first-order valence-corrected chi connectivity index (χ1v) is 7.28. The van der Waals surface area contributed by atoms with Crippen LogP contribution in [-0.4, -0.2) is 0 Å². The predicted octanol–water partition coefficient (Wildman–Crippen LogP) is 4.89. The van der Waals surface area contributed by atoms with Crippen LogP contribution in [0.3, 0.4) is 0 Å². The minimum absolute atomic E-state index is 0.0956. The second-order valence-corrected chi connectivity index (χ2v) is 5.23. The van der Waals surface area contributed by atoms with E-state index in [-0.39, 0.29) is 6.10 Å². The fourth-order valence-corrected chi connectivity index (χ4v) is 2.17. The highest BCUT2D eigenvalue weighted by molar-refractivity contribution is 5.40. The van der Waals surface area contributed by atoms with Crippen LogP contribution >= 0.6 is 0 Å². The molecule has 2 N–H and O–H groups in total. The molecule has 0 aliphatic rings. The molecule has 20 heavy (non-hydrogen) atoms. The van der Waals surface area contributed by atoms with Crippen LogP contribution < -0.4 is 10.5 Å². The number of benzene rings is 2. The van der Waals surface area contributed by atoms with Crippen LogP contribution in [0.15, 0.2) is 48.5 Å². The van der Waals surface area contributed by atoms with Gasteiger partial charge in [0.1, 0.15) is 11.9 Å². The van der Waals surface area contributed by atoms with E-state index in [0.717, 1.165) is 24.3 Å². The molecule has 0 saturated heterocycles. The van der Waals surface area contributed by atoms with Gasteiger partial charge in [-0.05, 0) is 49.6 Å². The Labute approximate surface area is 121 Å². The van der Waals surface area contributed by atoms with E-state index in [1.807, 2.05) is 24.3 Å². The van der Waals surface area contributed by atoms with Gasteiger partial charge in [-0.2, -0.15) is 0 Å². The van der Waals surface area contributed by atoms with Crippen LogP contribution in [0.2, 0.25) is 0 Å². The van der Waals surface area contributed by atoms with Gasteiger partial charge in [-0.25, -0.2) is 0 Å². The Hall–Kier alpha value is -1.96. The first-order valence-electron chi connectivity index (χ1n) is 7.28. The molecule has 0 amide bonds. The monoisotopic (exact) mass is 269 g/mol. The summed E-state index contributed by atoms with van der Waals surface area (Å²) in [6.45, 7) is 4.28. The van der Waals surface area contributed by atoms with Crippen LogP contribution in [0, 0.1) is 6.92 Å². The van der Waals surface area contributed by atoms with Gasteiger partial charge in [0.25, 0.3) is 0 Å². The Morgan fingerprint density at radius 1 is 1.00 bits per heavy atom. The molecule has 106 valence electrons. The summed E-state index contributed by atoms with van der Waals surface area (Å²) in [4.78, 5) is 0. The van der Waals surface area contributed by atoms with Crippen LogP contribution in [0.1, 0.15) is 43.4 Å². The van der Waals surface area contributed by atoms with Crippen molar-refractivity contribution in [1.29, 1.82) is 0 Å². The molecule has 1 unspecified atom stereocenters. The predicted molar refractivity (Wildman–Crippen MR) is 84.9 cm³/mol. The standard InChI is InChI=1S/C18H23NO/c1-3-4-5-18(15-8-10-16(19)11-9-15)20-17-12-6-14(2)7-13-17/h6-13,18H,3-5,19H2,1-2H3. The molecule has 2 aromatic carbocycles. The minimum atomic E-state index is 0.0956. The van der Waals surface area contributed by atoms with Crippen LogP contribution in [0.25, 0.3) is 0 Å². The molecule has 0 fully saturated rings. The Balaban J connectivity index is 2.14. The van der Waals surface area contributed by atoms with E-state index >= 15 is 0 Å². The fraction of sp³-hybridized carbons (Fsp3) is 0.333. The third-order valence-electron chi connectivity index (χ3n) is 3.43. The van der Waals surface area contributed by atoms with Crippen molar-refractivity contribution >= 4 is 5.69 Å². The summed E-state index contributed by atoms with van der Waals surface area (Å²) < 4.78 is 6.16. The molecule has 0 aliphatic heterocycles. The lowest BCUT2D eigenvalue weighted by atomic mass is 10.0. The van der Waals surface area contributed by atoms with Gasteiger partial charge >= 0.3 is 0 Å². The molecule has 2 nitrogen and oxygen atoms in total. The third-order valence-corrected chi connectivity index (χ3v) is 3.43. The van der Waals surface area contributed by atoms with Gasteiger partial charge in [-0.3, -0.25) is 0 Å². The lowest BCUT2D eigenvalue weighted by Crippen LogP contribution is -2.08. The van der Waals surface area contributed by atoms with E-state index in [4.69, 9.17) is 10.5 Å². The first kappa shape index (κ1) is 14.4. The van der Waals surface area contributed by atoms with E-state index in [0.29, 0.717) is 0 Å². The largest absolute Gasteiger partial charge is 0.486 e. The number of rotatable bonds is 6. The number of anilines is 1. The summed E-state index contributed by atoms with van der Waals surface area (Å²) in [5.41, 5.74) is 8.98. The average molecular weight is 269 g/mol. The molecular formula is C18H23NO. The molecule has 0 saturated carbocycles. The highest BCUT2D eigenvalue weighted by Crippen LogP contribution is 2.27. The van der Waals surface area contributed by atoms with Crippen molar-refractivity contribution in [3.63, 3.8) is 0 Å². The molecule has 0 aliphatic carbocycles. The molecule has 0 heterocycles. The maximum absolute atomic E-state index is 6.16. The van der Waals surface area contributed by atoms with Gasteiger partial charge in [-0.15, -0.1) is 0 Å². The maximum atomic E-state index is 6.16. The SMILES string of the molecule is CCCCC(Oc1ccc(C)cc1)c1ccc(N)cc1. The molecule has 1 atom stereocenters. The number of ether oxygens (including phenoxy) is 1. The van der Waals surface area contributed by atoms with Gasteiger partial charge in [0.2, 0.25) is 0 Å². The molecule has 0 radical (unpaired) electrons. The summed E-state index contributed by atoms with van der Waals surface area (Å²) >= 11 is 0.